The number of para-hydroxylation sites is 1. The zero-order valence-electron chi connectivity index (χ0n) is 17.9. The average Bonchev–Trinajstić information content (AvgIpc) is 3.11. The van der Waals surface area contributed by atoms with Crippen LogP contribution in [0.5, 0.6) is 0 Å². The van der Waals surface area contributed by atoms with E-state index in [0.717, 1.165) is 0 Å². The van der Waals surface area contributed by atoms with Crippen LogP contribution in [0.1, 0.15) is 29.3 Å². The van der Waals surface area contributed by atoms with Crippen LogP contribution in [0, 0.1) is 5.92 Å². The predicted molar refractivity (Wildman–Crippen MR) is 122 cm³/mol. The molecule has 7 nitrogen and oxygen atoms in total. The number of alkyl halides is 3. The Morgan fingerprint density at radius 1 is 1.21 bits per heavy atom. The molecular formula is C23H20ClF3N4O3. The summed E-state index contributed by atoms with van der Waals surface area (Å²) in [5.41, 5.74) is 7.44. The Kier molecular flexibility index (Phi) is 7.72. The van der Waals surface area contributed by atoms with Crippen LogP contribution in [0.3, 0.4) is 0 Å². The van der Waals surface area contributed by atoms with Gasteiger partial charge < -0.3 is 10.5 Å². The molecule has 3 rings (SSSR count). The van der Waals surface area contributed by atoms with Gasteiger partial charge in [0, 0.05) is 11.3 Å². The highest BCUT2D eigenvalue weighted by Crippen LogP contribution is 2.27. The molecule has 0 fully saturated rings. The molecule has 1 unspecified atom stereocenters. The van der Waals surface area contributed by atoms with Gasteiger partial charge in [-0.25, -0.2) is 15.2 Å². The van der Waals surface area contributed by atoms with Crippen molar-refractivity contribution in [3.05, 3.63) is 76.5 Å². The monoisotopic (exact) mass is 492 g/mol. The first-order chi connectivity index (χ1) is 16.1. The summed E-state index contributed by atoms with van der Waals surface area (Å²) in [6, 6.07) is 12.0. The van der Waals surface area contributed by atoms with Crippen molar-refractivity contribution in [2.24, 2.45) is 21.7 Å². The van der Waals surface area contributed by atoms with E-state index in [1.54, 1.807) is 31.2 Å². The molecule has 0 spiro atoms. The molecule has 0 radical (unpaired) electrons. The second kappa shape index (κ2) is 10.5. The maximum Gasteiger partial charge on any atom is 0.430 e. The van der Waals surface area contributed by atoms with Crippen molar-refractivity contribution >= 4 is 40.6 Å². The first kappa shape index (κ1) is 25.0. The van der Waals surface area contributed by atoms with Gasteiger partial charge in [-0.2, -0.15) is 18.3 Å². The van der Waals surface area contributed by atoms with Gasteiger partial charge in [-0.3, -0.25) is 4.79 Å². The number of ether oxygens (including phenoxy) is 1. The standard InChI is InChI=1S/C23H20ClF3N4O3/c1-13-16(21(32)31-30-13)10-11-34-22(33)15-8-6-14(7-9-15)19(12-20(28)23(25,26)27)29-18-5-3-2-4-17(18)24/h2-9,12,16H,10-11,28H2,1H3,(H,31,32). The lowest BCUT2D eigenvalue weighted by atomic mass is 10.0. The molecule has 34 heavy (non-hydrogen) atoms. The number of nitrogens with zero attached hydrogens (tertiary/aromatic N) is 2. The predicted octanol–water partition coefficient (Wildman–Crippen LogP) is 4.53. The third-order valence-corrected chi connectivity index (χ3v) is 5.25. The van der Waals surface area contributed by atoms with E-state index in [9.17, 15) is 22.8 Å². The molecule has 1 heterocycles. The van der Waals surface area contributed by atoms with Gasteiger partial charge in [-0.1, -0.05) is 35.9 Å². The smallest absolute Gasteiger partial charge is 0.430 e. The highest BCUT2D eigenvalue weighted by molar-refractivity contribution is 6.33. The lowest BCUT2D eigenvalue weighted by Gasteiger charge is -2.10. The molecule has 0 saturated heterocycles. The van der Waals surface area contributed by atoms with Crippen molar-refractivity contribution in [2.75, 3.05) is 6.61 Å². The van der Waals surface area contributed by atoms with Crippen molar-refractivity contribution in [1.29, 1.82) is 0 Å². The summed E-state index contributed by atoms with van der Waals surface area (Å²) < 4.78 is 44.3. The Labute approximate surface area is 198 Å². The largest absolute Gasteiger partial charge is 0.462 e. The van der Waals surface area contributed by atoms with E-state index in [0.29, 0.717) is 11.8 Å². The summed E-state index contributed by atoms with van der Waals surface area (Å²) in [4.78, 5) is 28.2. The van der Waals surface area contributed by atoms with Gasteiger partial charge in [0.1, 0.15) is 5.70 Å². The van der Waals surface area contributed by atoms with Gasteiger partial charge in [0.2, 0.25) is 5.91 Å². The molecule has 1 amide bonds. The third kappa shape index (κ3) is 6.22. The van der Waals surface area contributed by atoms with E-state index in [1.165, 1.54) is 24.3 Å². The molecule has 178 valence electrons. The van der Waals surface area contributed by atoms with Crippen molar-refractivity contribution in [1.82, 2.24) is 5.43 Å². The number of esters is 1. The number of hydrazone groups is 1. The molecule has 1 aliphatic heterocycles. The number of halogens is 4. The number of nitrogens with one attached hydrogen (secondary N) is 1. The fourth-order valence-electron chi connectivity index (χ4n) is 3.04. The van der Waals surface area contributed by atoms with E-state index in [4.69, 9.17) is 22.1 Å². The number of hydrogen-bond donors (Lipinski definition) is 2. The van der Waals surface area contributed by atoms with E-state index < -0.39 is 23.8 Å². The fourth-order valence-corrected chi connectivity index (χ4v) is 3.22. The summed E-state index contributed by atoms with van der Waals surface area (Å²) in [6.45, 7) is 1.69. The SMILES string of the molecule is CC1=NNC(=O)C1CCOC(=O)c1ccc(C(C=C(N)C(F)(F)F)=Nc2ccccc2Cl)cc1. The first-order valence-corrected chi connectivity index (χ1v) is 10.4. The Balaban J connectivity index is 1.78. The van der Waals surface area contributed by atoms with Crippen LogP contribution in [0.2, 0.25) is 5.02 Å². The molecule has 1 aliphatic rings. The maximum atomic E-state index is 13.0. The van der Waals surface area contributed by atoms with Crippen LogP contribution < -0.4 is 11.2 Å². The number of rotatable bonds is 7. The third-order valence-electron chi connectivity index (χ3n) is 4.93. The minimum atomic E-state index is -4.75. The minimum absolute atomic E-state index is 0.00437. The van der Waals surface area contributed by atoms with Gasteiger partial charge in [0.05, 0.1) is 34.5 Å². The van der Waals surface area contributed by atoms with Gasteiger partial charge in [0.25, 0.3) is 0 Å². The minimum Gasteiger partial charge on any atom is -0.462 e. The summed E-state index contributed by atoms with van der Waals surface area (Å²) in [5, 5.41) is 4.07. The van der Waals surface area contributed by atoms with Crippen LogP contribution in [0.15, 0.2) is 70.4 Å². The topological polar surface area (TPSA) is 106 Å². The first-order valence-electron chi connectivity index (χ1n) is 10.1. The molecule has 1 atom stereocenters. The van der Waals surface area contributed by atoms with Gasteiger partial charge >= 0.3 is 12.1 Å². The van der Waals surface area contributed by atoms with Crippen LogP contribution in [0.4, 0.5) is 18.9 Å². The molecule has 3 N–H and O–H groups in total. The average molecular weight is 493 g/mol. The Bertz CT molecular complexity index is 1170. The van der Waals surface area contributed by atoms with E-state index in [-0.39, 0.29) is 46.5 Å². The number of aliphatic imine (C=N–C) groups is 1. The number of allylic oxidation sites excluding steroid dienone is 2. The van der Waals surface area contributed by atoms with Crippen molar-refractivity contribution in [3.8, 4) is 0 Å². The zero-order chi connectivity index (χ0) is 24.9. The second-order valence-electron chi connectivity index (χ2n) is 7.33. The molecule has 0 saturated carbocycles. The molecule has 0 bridgehead atoms. The van der Waals surface area contributed by atoms with Crippen LogP contribution in [-0.4, -0.2) is 36.1 Å². The zero-order valence-corrected chi connectivity index (χ0v) is 18.7. The summed E-state index contributed by atoms with van der Waals surface area (Å²) in [7, 11) is 0. The second-order valence-corrected chi connectivity index (χ2v) is 7.74. The molecule has 11 heteroatoms. The molecular weight excluding hydrogens is 473 g/mol. The summed E-state index contributed by atoms with van der Waals surface area (Å²) in [6.07, 6.45) is -3.77. The van der Waals surface area contributed by atoms with Gasteiger partial charge in [-0.15, -0.1) is 0 Å². The Morgan fingerprint density at radius 2 is 1.85 bits per heavy atom. The number of amides is 1. The molecule has 0 aliphatic carbocycles. The fraction of sp³-hybridized carbons (Fsp3) is 0.217. The van der Waals surface area contributed by atoms with Gasteiger partial charge in [-0.05, 0) is 43.7 Å². The Hall–Kier alpha value is -3.66. The van der Waals surface area contributed by atoms with Crippen LogP contribution >= 0.6 is 11.6 Å². The molecule has 2 aromatic rings. The van der Waals surface area contributed by atoms with E-state index >= 15 is 0 Å². The quantitative estimate of drug-likeness (QED) is 0.437. The number of carbonyl (C=O) groups excluding carboxylic acids is 2. The van der Waals surface area contributed by atoms with Crippen LogP contribution in [-0.2, 0) is 9.53 Å². The van der Waals surface area contributed by atoms with Crippen molar-refractivity contribution in [3.63, 3.8) is 0 Å². The number of nitrogens with two attached hydrogens (primary N) is 1. The van der Waals surface area contributed by atoms with Crippen molar-refractivity contribution in [2.45, 2.75) is 19.5 Å². The summed E-state index contributed by atoms with van der Waals surface area (Å²) >= 11 is 6.09. The van der Waals surface area contributed by atoms with E-state index in [2.05, 4.69) is 15.5 Å². The van der Waals surface area contributed by atoms with Crippen molar-refractivity contribution < 1.29 is 27.5 Å². The summed E-state index contributed by atoms with van der Waals surface area (Å²) in [5.74, 6) is -1.35. The molecule has 0 aromatic heterocycles. The number of carbonyl (C=O) groups is 2. The lowest BCUT2D eigenvalue weighted by Crippen LogP contribution is -2.24. The van der Waals surface area contributed by atoms with Crippen LogP contribution in [0.25, 0.3) is 0 Å². The molecule has 2 aromatic carbocycles. The Morgan fingerprint density at radius 3 is 2.44 bits per heavy atom. The highest BCUT2D eigenvalue weighted by Gasteiger charge is 2.32. The van der Waals surface area contributed by atoms with E-state index in [1.807, 2.05) is 0 Å². The highest BCUT2D eigenvalue weighted by atomic mass is 35.5. The maximum absolute atomic E-state index is 13.0. The number of benzene rings is 2. The normalized spacial score (nSPS) is 16.8. The lowest BCUT2D eigenvalue weighted by molar-refractivity contribution is -0.122. The van der Waals surface area contributed by atoms with Gasteiger partial charge in [0.15, 0.2) is 0 Å². The number of hydrogen-bond acceptors (Lipinski definition) is 6.